The standard InChI is InChI=1S/C27H22N4O2S2/c1-16-3-10-21(11-4-16)31-14-20(13-24(31)32)26-29-25(30-33-26)19-8-6-18(7-9-19)22-15-34-27(28-22)23-12-5-17(2)35-23/h3-12,15,20H,13-14H2,1-2H3/t20-/m0/s1. The SMILES string of the molecule is Cc1ccc(N2C[C@@H](c3nc(-c4ccc(-c5csc(-c6ccc(C)s6)n5)cc4)no3)CC2=O)cc1. The van der Waals surface area contributed by atoms with Crippen LogP contribution < -0.4 is 4.90 Å². The number of thiophene rings is 1. The highest BCUT2D eigenvalue weighted by atomic mass is 32.1. The first-order chi connectivity index (χ1) is 17.0. The van der Waals surface area contributed by atoms with E-state index in [0.29, 0.717) is 24.7 Å². The van der Waals surface area contributed by atoms with E-state index in [1.54, 1.807) is 27.6 Å². The lowest BCUT2D eigenvalue weighted by Crippen LogP contribution is -2.24. The predicted octanol–water partition coefficient (Wildman–Crippen LogP) is 6.73. The summed E-state index contributed by atoms with van der Waals surface area (Å²) in [4.78, 5) is 26.3. The van der Waals surface area contributed by atoms with Crippen molar-refractivity contribution in [3.8, 4) is 32.5 Å². The molecule has 1 fully saturated rings. The maximum Gasteiger partial charge on any atom is 0.232 e. The van der Waals surface area contributed by atoms with Gasteiger partial charge < -0.3 is 9.42 Å². The number of benzene rings is 2. The number of carbonyl (C=O) groups excluding carboxylic acids is 1. The molecule has 5 aromatic rings. The first kappa shape index (κ1) is 21.9. The average molecular weight is 499 g/mol. The Labute approximate surface area is 210 Å². The van der Waals surface area contributed by atoms with Crippen LogP contribution in [0.15, 0.2) is 70.6 Å². The molecule has 6 rings (SSSR count). The summed E-state index contributed by atoms with van der Waals surface area (Å²) in [6.07, 6.45) is 0.365. The van der Waals surface area contributed by atoms with Crippen molar-refractivity contribution >= 4 is 34.3 Å². The Hall–Kier alpha value is -3.62. The minimum absolute atomic E-state index is 0.0725. The minimum atomic E-state index is -0.112. The molecule has 1 saturated heterocycles. The summed E-state index contributed by atoms with van der Waals surface area (Å²) in [7, 11) is 0. The zero-order chi connectivity index (χ0) is 23.9. The van der Waals surface area contributed by atoms with E-state index in [1.807, 2.05) is 55.5 Å². The smallest absolute Gasteiger partial charge is 0.232 e. The second-order valence-electron chi connectivity index (χ2n) is 8.72. The Bertz CT molecular complexity index is 1500. The maximum atomic E-state index is 12.6. The van der Waals surface area contributed by atoms with Crippen LogP contribution in [0, 0.1) is 13.8 Å². The average Bonchev–Trinajstić information content (AvgIpc) is 3.66. The molecule has 35 heavy (non-hydrogen) atoms. The molecule has 0 spiro atoms. The quantitative estimate of drug-likeness (QED) is 0.269. The number of hydrogen-bond acceptors (Lipinski definition) is 7. The van der Waals surface area contributed by atoms with E-state index in [4.69, 9.17) is 9.51 Å². The topological polar surface area (TPSA) is 72.1 Å². The zero-order valence-electron chi connectivity index (χ0n) is 19.3. The van der Waals surface area contributed by atoms with E-state index in [0.717, 1.165) is 33.1 Å². The van der Waals surface area contributed by atoms with E-state index < -0.39 is 0 Å². The molecule has 1 aliphatic rings. The van der Waals surface area contributed by atoms with Crippen molar-refractivity contribution in [3.63, 3.8) is 0 Å². The van der Waals surface area contributed by atoms with Crippen molar-refractivity contribution in [1.29, 1.82) is 0 Å². The monoisotopic (exact) mass is 498 g/mol. The van der Waals surface area contributed by atoms with E-state index in [2.05, 4.69) is 34.6 Å². The Balaban J connectivity index is 1.17. The van der Waals surface area contributed by atoms with Gasteiger partial charge in [0.1, 0.15) is 5.01 Å². The van der Waals surface area contributed by atoms with Gasteiger partial charge in [0.2, 0.25) is 17.6 Å². The van der Waals surface area contributed by atoms with Gasteiger partial charge in [0.05, 0.1) is 16.5 Å². The molecule has 1 amide bonds. The van der Waals surface area contributed by atoms with Gasteiger partial charge in [-0.1, -0.05) is 47.1 Å². The lowest BCUT2D eigenvalue weighted by molar-refractivity contribution is -0.117. The van der Waals surface area contributed by atoms with Crippen LogP contribution in [-0.4, -0.2) is 27.6 Å². The second kappa shape index (κ2) is 8.87. The van der Waals surface area contributed by atoms with Crippen molar-refractivity contribution in [1.82, 2.24) is 15.1 Å². The van der Waals surface area contributed by atoms with Gasteiger partial charge in [0.25, 0.3) is 0 Å². The molecule has 0 unspecified atom stereocenters. The van der Waals surface area contributed by atoms with Gasteiger partial charge in [-0.15, -0.1) is 22.7 Å². The van der Waals surface area contributed by atoms with Gasteiger partial charge in [0.15, 0.2) is 0 Å². The second-order valence-corrected chi connectivity index (χ2v) is 10.9. The summed E-state index contributed by atoms with van der Waals surface area (Å²) in [5, 5.41) is 7.31. The van der Waals surface area contributed by atoms with Crippen LogP contribution in [0.5, 0.6) is 0 Å². The molecule has 3 aromatic heterocycles. The predicted molar refractivity (Wildman–Crippen MR) is 140 cm³/mol. The van der Waals surface area contributed by atoms with E-state index in [-0.39, 0.29) is 11.8 Å². The summed E-state index contributed by atoms with van der Waals surface area (Å²) in [5.41, 5.74) is 4.93. The Morgan fingerprint density at radius 1 is 0.943 bits per heavy atom. The number of amides is 1. The first-order valence-corrected chi connectivity index (χ1v) is 13.1. The van der Waals surface area contributed by atoms with Gasteiger partial charge in [-0.05, 0) is 38.1 Å². The zero-order valence-corrected chi connectivity index (χ0v) is 20.9. The Kier molecular flexibility index (Phi) is 5.54. The minimum Gasteiger partial charge on any atom is -0.339 e. The highest BCUT2D eigenvalue weighted by Crippen LogP contribution is 2.35. The first-order valence-electron chi connectivity index (χ1n) is 11.4. The summed E-state index contributed by atoms with van der Waals surface area (Å²) < 4.78 is 5.57. The fourth-order valence-corrected chi connectivity index (χ4v) is 5.99. The number of carbonyl (C=O) groups is 1. The number of aryl methyl sites for hydroxylation is 2. The molecular weight excluding hydrogens is 476 g/mol. The summed E-state index contributed by atoms with van der Waals surface area (Å²) >= 11 is 3.41. The van der Waals surface area contributed by atoms with Gasteiger partial charge in [-0.25, -0.2) is 4.98 Å². The molecule has 0 N–H and O–H groups in total. The fourth-order valence-electron chi connectivity index (χ4n) is 4.22. The van der Waals surface area contributed by atoms with Crippen molar-refractivity contribution in [2.75, 3.05) is 11.4 Å². The van der Waals surface area contributed by atoms with E-state index in [1.165, 1.54) is 9.75 Å². The van der Waals surface area contributed by atoms with E-state index in [9.17, 15) is 4.79 Å². The molecule has 8 heteroatoms. The number of anilines is 1. The molecule has 4 heterocycles. The van der Waals surface area contributed by atoms with Gasteiger partial charge >= 0.3 is 0 Å². The third-order valence-electron chi connectivity index (χ3n) is 6.16. The lowest BCUT2D eigenvalue weighted by Gasteiger charge is -2.16. The number of thiazole rings is 1. The van der Waals surface area contributed by atoms with Crippen LogP contribution in [0.2, 0.25) is 0 Å². The van der Waals surface area contributed by atoms with Crippen LogP contribution in [0.25, 0.3) is 32.5 Å². The van der Waals surface area contributed by atoms with Crippen molar-refractivity contribution in [2.24, 2.45) is 0 Å². The molecular formula is C27H22N4O2S2. The van der Waals surface area contributed by atoms with E-state index >= 15 is 0 Å². The normalized spacial score (nSPS) is 15.8. The highest BCUT2D eigenvalue weighted by molar-refractivity contribution is 7.21. The van der Waals surface area contributed by atoms with Crippen LogP contribution in [-0.2, 0) is 4.79 Å². The molecule has 0 radical (unpaired) electrons. The molecule has 0 aliphatic carbocycles. The van der Waals surface area contributed by atoms with Gasteiger partial charge in [0, 0.05) is 40.0 Å². The lowest BCUT2D eigenvalue weighted by atomic mass is 10.1. The molecule has 1 atom stereocenters. The van der Waals surface area contributed by atoms with Crippen LogP contribution in [0.1, 0.15) is 28.7 Å². The third-order valence-corrected chi connectivity index (χ3v) is 8.17. The molecule has 6 nitrogen and oxygen atoms in total. The molecule has 1 aliphatic heterocycles. The summed E-state index contributed by atoms with van der Waals surface area (Å²) in [6.45, 7) is 4.68. The Morgan fingerprint density at radius 3 is 2.46 bits per heavy atom. The van der Waals surface area contributed by atoms with Crippen molar-refractivity contribution in [3.05, 3.63) is 82.4 Å². The van der Waals surface area contributed by atoms with Crippen molar-refractivity contribution < 1.29 is 9.32 Å². The molecule has 2 aromatic carbocycles. The largest absolute Gasteiger partial charge is 0.339 e. The number of aromatic nitrogens is 3. The summed E-state index contributed by atoms with van der Waals surface area (Å²) in [5.74, 6) is 0.991. The molecule has 0 saturated carbocycles. The highest BCUT2D eigenvalue weighted by Gasteiger charge is 2.35. The number of rotatable bonds is 5. The van der Waals surface area contributed by atoms with Crippen LogP contribution >= 0.6 is 22.7 Å². The fraction of sp³-hybridized carbons (Fsp3) is 0.185. The molecule has 0 bridgehead atoms. The summed E-state index contributed by atoms with van der Waals surface area (Å²) in [6, 6.07) is 20.2. The van der Waals surface area contributed by atoms with Crippen LogP contribution in [0.4, 0.5) is 5.69 Å². The van der Waals surface area contributed by atoms with Gasteiger partial charge in [-0.3, -0.25) is 4.79 Å². The van der Waals surface area contributed by atoms with Gasteiger partial charge in [-0.2, -0.15) is 4.98 Å². The van der Waals surface area contributed by atoms with Crippen LogP contribution in [0.3, 0.4) is 0 Å². The molecule has 174 valence electrons. The number of nitrogens with zero attached hydrogens (tertiary/aromatic N) is 4. The third kappa shape index (κ3) is 4.31. The van der Waals surface area contributed by atoms with Crippen molar-refractivity contribution in [2.45, 2.75) is 26.2 Å². The Morgan fingerprint density at radius 2 is 1.71 bits per heavy atom. The number of hydrogen-bond donors (Lipinski definition) is 0. The maximum absolute atomic E-state index is 12.6.